The maximum atomic E-state index is 13.7. The first-order valence-corrected chi connectivity index (χ1v) is 12.4. The summed E-state index contributed by atoms with van der Waals surface area (Å²) in [6.45, 7) is 4.05. The second-order valence-electron chi connectivity index (χ2n) is 10.8. The minimum Gasteiger partial charge on any atom is -0.468 e. The number of carbonyl (C=O) groups excluding carboxylic acids is 3. The normalized spacial score (nSPS) is 22.9. The van der Waals surface area contributed by atoms with Crippen LogP contribution in [0, 0.1) is 16.7 Å². The number of nitrogens with zero attached hydrogens (tertiary/aromatic N) is 1. The van der Waals surface area contributed by atoms with Gasteiger partial charge in [0.15, 0.2) is 0 Å². The molecule has 0 saturated carbocycles. The van der Waals surface area contributed by atoms with Crippen molar-refractivity contribution in [2.45, 2.75) is 58.8 Å². The molecule has 204 valence electrons. The van der Waals surface area contributed by atoms with Crippen LogP contribution in [0.4, 0.5) is 13.2 Å². The summed E-state index contributed by atoms with van der Waals surface area (Å²) in [6.07, 6.45) is -0.126. The standard InChI is InChI=1S/C28H31F3N2O5/c1-26(2)10-9-22-27(17-26,25(36)37-3)14-19(24(35)33(22)16-21-8-5-11-38-21)13-23(34)32-15-18-6-4-7-20(12-18)28(29,30)31/h4-9,11-12,19H,10,13-17H2,1-3H3,(H,32,34)/t19-,27-/m1/s1. The monoisotopic (exact) mass is 532 g/mol. The fraction of sp³-hybridized carbons (Fsp3) is 0.464. The van der Waals surface area contributed by atoms with E-state index in [0.29, 0.717) is 24.3 Å². The highest BCUT2D eigenvalue weighted by atomic mass is 19.4. The minimum atomic E-state index is -4.49. The van der Waals surface area contributed by atoms with Gasteiger partial charge in [0.05, 0.1) is 25.5 Å². The lowest BCUT2D eigenvalue weighted by Gasteiger charge is -2.51. The summed E-state index contributed by atoms with van der Waals surface area (Å²) in [4.78, 5) is 41.4. The van der Waals surface area contributed by atoms with E-state index < -0.39 is 34.9 Å². The van der Waals surface area contributed by atoms with Crippen LogP contribution in [0.2, 0.25) is 0 Å². The predicted molar refractivity (Wildman–Crippen MR) is 131 cm³/mol. The summed E-state index contributed by atoms with van der Waals surface area (Å²) < 4.78 is 49.8. The summed E-state index contributed by atoms with van der Waals surface area (Å²) in [5, 5.41) is 2.62. The van der Waals surface area contributed by atoms with Gasteiger partial charge in [-0.05, 0) is 54.5 Å². The molecule has 4 rings (SSSR count). The zero-order chi connectivity index (χ0) is 27.7. The van der Waals surface area contributed by atoms with Gasteiger partial charge in [0.25, 0.3) is 0 Å². The number of allylic oxidation sites excluding steroid dienone is 1. The SMILES string of the molecule is COC(=O)[C@@]12C[C@@H](CC(=O)NCc3cccc(C(F)(F)F)c3)C(=O)N(Cc3ccco3)C1=CCC(C)(C)C2. The van der Waals surface area contributed by atoms with Crippen LogP contribution in [0.25, 0.3) is 0 Å². The van der Waals surface area contributed by atoms with Crippen LogP contribution in [0.1, 0.15) is 56.4 Å². The molecule has 1 aromatic heterocycles. The van der Waals surface area contributed by atoms with Gasteiger partial charge in [-0.2, -0.15) is 13.2 Å². The van der Waals surface area contributed by atoms with Gasteiger partial charge in [0.2, 0.25) is 11.8 Å². The Kier molecular flexibility index (Phi) is 7.45. The maximum Gasteiger partial charge on any atom is 0.416 e. The number of fused-ring (bicyclic) bond motifs is 1. The number of hydrogen-bond acceptors (Lipinski definition) is 5. The number of carbonyl (C=O) groups is 3. The number of rotatable bonds is 7. The first-order valence-electron chi connectivity index (χ1n) is 12.4. The van der Waals surface area contributed by atoms with Crippen molar-refractivity contribution < 1.29 is 36.7 Å². The summed E-state index contributed by atoms with van der Waals surface area (Å²) in [6, 6.07) is 8.13. The molecule has 2 amide bonds. The third-order valence-corrected chi connectivity index (χ3v) is 7.27. The first kappa shape index (κ1) is 27.5. The molecule has 10 heteroatoms. The van der Waals surface area contributed by atoms with Gasteiger partial charge >= 0.3 is 12.1 Å². The van der Waals surface area contributed by atoms with Crippen molar-refractivity contribution >= 4 is 17.8 Å². The molecule has 1 N–H and O–H groups in total. The highest BCUT2D eigenvalue weighted by molar-refractivity contribution is 5.92. The highest BCUT2D eigenvalue weighted by Gasteiger charge is 2.57. The Hall–Kier alpha value is -3.56. The lowest BCUT2D eigenvalue weighted by molar-refractivity contribution is -0.162. The van der Waals surface area contributed by atoms with Gasteiger partial charge in [-0.1, -0.05) is 32.1 Å². The van der Waals surface area contributed by atoms with Crippen molar-refractivity contribution in [2.75, 3.05) is 7.11 Å². The maximum absolute atomic E-state index is 13.7. The molecule has 0 unspecified atom stereocenters. The number of benzene rings is 1. The average Bonchev–Trinajstić information content (AvgIpc) is 3.37. The number of furan rings is 1. The molecule has 0 spiro atoms. The second kappa shape index (κ2) is 10.3. The number of likely N-dealkylation sites (tertiary alicyclic amines) is 1. The Balaban J connectivity index is 1.58. The van der Waals surface area contributed by atoms with E-state index >= 15 is 0 Å². The van der Waals surface area contributed by atoms with Crippen LogP contribution in [-0.2, 0) is 38.4 Å². The largest absolute Gasteiger partial charge is 0.468 e. The van der Waals surface area contributed by atoms with Gasteiger partial charge in [-0.25, -0.2) is 0 Å². The van der Waals surface area contributed by atoms with E-state index in [0.717, 1.165) is 12.1 Å². The van der Waals surface area contributed by atoms with Crippen molar-refractivity contribution in [1.29, 1.82) is 0 Å². The summed E-state index contributed by atoms with van der Waals surface area (Å²) in [5.74, 6) is -1.60. The Bertz CT molecular complexity index is 1240. The lowest BCUT2D eigenvalue weighted by Crippen LogP contribution is -2.55. The molecule has 1 fully saturated rings. The van der Waals surface area contributed by atoms with Gasteiger partial charge in [0, 0.05) is 24.6 Å². The molecule has 1 aliphatic heterocycles. The summed E-state index contributed by atoms with van der Waals surface area (Å²) >= 11 is 0. The molecule has 0 bridgehead atoms. The van der Waals surface area contributed by atoms with E-state index in [2.05, 4.69) is 5.32 Å². The Morgan fingerprint density at radius 2 is 1.97 bits per heavy atom. The molecule has 2 aromatic rings. The van der Waals surface area contributed by atoms with Crippen LogP contribution >= 0.6 is 0 Å². The molecule has 7 nitrogen and oxygen atoms in total. The zero-order valence-corrected chi connectivity index (χ0v) is 21.6. The third-order valence-electron chi connectivity index (χ3n) is 7.27. The van der Waals surface area contributed by atoms with Crippen LogP contribution in [-0.4, -0.2) is 29.8 Å². The highest BCUT2D eigenvalue weighted by Crippen LogP contribution is 2.55. The molecule has 2 atom stereocenters. The molecular weight excluding hydrogens is 501 g/mol. The third kappa shape index (κ3) is 5.63. The van der Waals surface area contributed by atoms with E-state index in [1.165, 1.54) is 30.4 Å². The molecule has 1 aromatic carbocycles. The lowest BCUT2D eigenvalue weighted by atomic mass is 9.59. The average molecular weight is 533 g/mol. The molecule has 0 radical (unpaired) electrons. The van der Waals surface area contributed by atoms with Crippen molar-refractivity contribution in [2.24, 2.45) is 16.7 Å². The molecule has 2 aliphatic rings. The minimum absolute atomic E-state index is 0.0964. The van der Waals surface area contributed by atoms with Crippen LogP contribution in [0.5, 0.6) is 0 Å². The van der Waals surface area contributed by atoms with Gasteiger partial charge < -0.3 is 19.4 Å². The van der Waals surface area contributed by atoms with Crippen molar-refractivity contribution in [3.8, 4) is 0 Å². The number of nitrogens with one attached hydrogen (secondary N) is 1. The Labute approximate surface area is 219 Å². The smallest absolute Gasteiger partial charge is 0.416 e. The summed E-state index contributed by atoms with van der Waals surface area (Å²) in [7, 11) is 1.31. The fourth-order valence-electron chi connectivity index (χ4n) is 5.63. The summed E-state index contributed by atoms with van der Waals surface area (Å²) in [5.41, 5.74) is -1.33. The molecule has 2 heterocycles. The topological polar surface area (TPSA) is 88.8 Å². The molecule has 38 heavy (non-hydrogen) atoms. The van der Waals surface area contributed by atoms with E-state index in [1.807, 2.05) is 19.9 Å². The number of esters is 1. The number of ether oxygens (including phenoxy) is 1. The number of methoxy groups -OCH3 is 1. The predicted octanol–water partition coefficient (Wildman–Crippen LogP) is 5.22. The van der Waals surface area contributed by atoms with E-state index in [4.69, 9.17) is 9.15 Å². The van der Waals surface area contributed by atoms with Crippen LogP contribution in [0.15, 0.2) is 58.9 Å². The van der Waals surface area contributed by atoms with Crippen molar-refractivity contribution in [1.82, 2.24) is 10.2 Å². The number of piperidine rings is 1. The molecular formula is C28H31F3N2O5. The van der Waals surface area contributed by atoms with E-state index in [9.17, 15) is 27.6 Å². The van der Waals surface area contributed by atoms with Gasteiger partial charge in [-0.3, -0.25) is 14.4 Å². The zero-order valence-electron chi connectivity index (χ0n) is 21.6. The quantitative estimate of drug-likeness (QED) is 0.494. The van der Waals surface area contributed by atoms with E-state index in [-0.39, 0.29) is 42.8 Å². The van der Waals surface area contributed by atoms with E-state index in [1.54, 1.807) is 12.1 Å². The van der Waals surface area contributed by atoms with Crippen LogP contribution < -0.4 is 5.32 Å². The van der Waals surface area contributed by atoms with Crippen LogP contribution in [0.3, 0.4) is 0 Å². The Morgan fingerprint density at radius 1 is 1.21 bits per heavy atom. The van der Waals surface area contributed by atoms with Crippen molar-refractivity contribution in [3.05, 3.63) is 71.3 Å². The molecule has 1 aliphatic carbocycles. The number of hydrogen-bond donors (Lipinski definition) is 1. The second-order valence-corrected chi connectivity index (χ2v) is 10.8. The number of halogens is 3. The number of amides is 2. The van der Waals surface area contributed by atoms with Crippen molar-refractivity contribution in [3.63, 3.8) is 0 Å². The number of alkyl halides is 3. The Morgan fingerprint density at radius 3 is 2.63 bits per heavy atom. The first-order chi connectivity index (χ1) is 17.8. The van der Waals surface area contributed by atoms with Gasteiger partial charge in [0.1, 0.15) is 11.2 Å². The van der Waals surface area contributed by atoms with Gasteiger partial charge in [-0.15, -0.1) is 0 Å². The molecule has 1 saturated heterocycles. The fourth-order valence-corrected chi connectivity index (χ4v) is 5.63.